The van der Waals surface area contributed by atoms with Crippen LogP contribution in [0.2, 0.25) is 0 Å². The maximum atomic E-state index is 11.8. The molecule has 0 atom stereocenters. The van der Waals surface area contributed by atoms with Crippen LogP contribution in [0.5, 0.6) is 0 Å². The van der Waals surface area contributed by atoms with Crippen LogP contribution in [0.15, 0.2) is 23.4 Å². The lowest BCUT2D eigenvalue weighted by atomic mass is 10.2. The summed E-state index contributed by atoms with van der Waals surface area (Å²) in [7, 11) is 0. The molecule has 0 aliphatic rings. The van der Waals surface area contributed by atoms with Crippen molar-refractivity contribution in [1.82, 2.24) is 19.2 Å². The lowest BCUT2D eigenvalue weighted by Gasteiger charge is -1.98. The fraction of sp³-hybridized carbons (Fsp3) is 0.400. The van der Waals surface area contributed by atoms with Gasteiger partial charge in [-0.1, -0.05) is 12.2 Å². The van der Waals surface area contributed by atoms with E-state index in [1.54, 1.807) is 18.6 Å². The second-order valence-electron chi connectivity index (χ2n) is 3.73. The Labute approximate surface area is 103 Å². The number of nitrogens with zero attached hydrogens (tertiary/aromatic N) is 4. The van der Waals surface area contributed by atoms with Crippen LogP contribution in [0, 0.1) is 0 Å². The normalized spacial score (nSPS) is 10.8. The Morgan fingerprint density at radius 3 is 3.00 bits per heavy atom. The minimum Gasteiger partial charge on any atom is -0.393 e. The molecule has 0 aliphatic heterocycles. The Hall–Kier alpha value is -1.76. The van der Waals surface area contributed by atoms with Gasteiger partial charge in [-0.05, 0) is 19.3 Å². The highest BCUT2D eigenvalue weighted by Gasteiger charge is 2.05. The summed E-state index contributed by atoms with van der Waals surface area (Å²) in [5.41, 5.74) is 5.82. The third-order valence-corrected chi connectivity index (χ3v) is 2.64. The predicted octanol–water partition coefficient (Wildman–Crippen LogP) is 0.347. The molecule has 0 aromatic carbocycles. The third kappa shape index (κ3) is 2.68. The Bertz CT molecular complexity index is 588. The fourth-order valence-electron chi connectivity index (χ4n) is 1.59. The molecule has 2 aromatic heterocycles. The molecular formula is C10H13N5OS. The maximum absolute atomic E-state index is 11.8. The Kier molecular flexibility index (Phi) is 3.48. The largest absolute Gasteiger partial charge is 0.393 e. The molecule has 17 heavy (non-hydrogen) atoms. The number of rotatable bonds is 5. The van der Waals surface area contributed by atoms with Crippen LogP contribution in [0.4, 0.5) is 0 Å². The summed E-state index contributed by atoms with van der Waals surface area (Å²) in [5, 5.41) is 4.17. The average Bonchev–Trinajstić information content (AvgIpc) is 2.63. The van der Waals surface area contributed by atoms with Gasteiger partial charge >= 0.3 is 5.69 Å². The first-order chi connectivity index (χ1) is 8.18. The van der Waals surface area contributed by atoms with Gasteiger partial charge < -0.3 is 5.73 Å². The van der Waals surface area contributed by atoms with Gasteiger partial charge in [0.05, 0.1) is 11.2 Å². The van der Waals surface area contributed by atoms with Gasteiger partial charge in [-0.25, -0.2) is 13.9 Å². The zero-order chi connectivity index (χ0) is 12.3. The van der Waals surface area contributed by atoms with Crippen molar-refractivity contribution < 1.29 is 0 Å². The van der Waals surface area contributed by atoms with Gasteiger partial charge in [-0.15, -0.1) is 5.10 Å². The van der Waals surface area contributed by atoms with E-state index in [1.165, 1.54) is 9.08 Å². The van der Waals surface area contributed by atoms with E-state index >= 15 is 0 Å². The molecule has 0 spiro atoms. The highest BCUT2D eigenvalue weighted by molar-refractivity contribution is 7.80. The summed E-state index contributed by atoms with van der Waals surface area (Å²) in [6, 6.07) is 0. The van der Waals surface area contributed by atoms with Crippen molar-refractivity contribution in [3.05, 3.63) is 29.1 Å². The van der Waals surface area contributed by atoms with Crippen molar-refractivity contribution >= 4 is 22.9 Å². The van der Waals surface area contributed by atoms with Crippen LogP contribution in [0.25, 0.3) is 5.65 Å². The van der Waals surface area contributed by atoms with E-state index in [0.717, 1.165) is 12.8 Å². The summed E-state index contributed by atoms with van der Waals surface area (Å²) in [6.45, 7) is 0.573. The Balaban J connectivity index is 2.06. The van der Waals surface area contributed by atoms with E-state index in [9.17, 15) is 4.79 Å². The summed E-state index contributed by atoms with van der Waals surface area (Å²) < 4.78 is 2.91. The maximum Gasteiger partial charge on any atom is 0.350 e. The van der Waals surface area contributed by atoms with Crippen molar-refractivity contribution in [3.63, 3.8) is 0 Å². The van der Waals surface area contributed by atoms with Gasteiger partial charge in [0.25, 0.3) is 0 Å². The summed E-state index contributed by atoms with van der Waals surface area (Å²) >= 11 is 4.79. The van der Waals surface area contributed by atoms with Crippen LogP contribution >= 0.6 is 12.2 Å². The number of fused-ring (bicyclic) bond motifs is 1. The van der Waals surface area contributed by atoms with E-state index in [0.29, 0.717) is 23.6 Å². The molecule has 0 fully saturated rings. The van der Waals surface area contributed by atoms with E-state index in [-0.39, 0.29) is 5.69 Å². The molecule has 0 bridgehead atoms. The van der Waals surface area contributed by atoms with Gasteiger partial charge in [0.2, 0.25) is 0 Å². The molecule has 0 saturated carbocycles. The van der Waals surface area contributed by atoms with Crippen molar-refractivity contribution in [1.29, 1.82) is 0 Å². The summed E-state index contributed by atoms with van der Waals surface area (Å²) in [4.78, 5) is 16.3. The number of aromatic nitrogens is 4. The molecule has 2 aromatic rings. The molecular weight excluding hydrogens is 238 g/mol. The highest BCUT2D eigenvalue weighted by Crippen LogP contribution is 1.98. The molecule has 2 N–H and O–H groups in total. The van der Waals surface area contributed by atoms with Gasteiger partial charge in [-0.2, -0.15) is 0 Å². The molecule has 90 valence electrons. The number of aryl methyl sites for hydroxylation is 1. The lowest BCUT2D eigenvalue weighted by Crippen LogP contribution is -2.21. The van der Waals surface area contributed by atoms with Crippen LogP contribution in [-0.2, 0) is 6.54 Å². The minimum atomic E-state index is -0.141. The molecule has 0 amide bonds. The van der Waals surface area contributed by atoms with Gasteiger partial charge in [0.1, 0.15) is 0 Å². The standard InChI is InChI=1S/C10H13N5OS/c11-8(17)3-1-2-5-15-10(16)14-6-4-12-7-9(14)13-15/h4,6-7H,1-3,5H2,(H2,11,17). The number of hydrogen-bond acceptors (Lipinski definition) is 4. The average molecular weight is 251 g/mol. The minimum absolute atomic E-state index is 0.141. The van der Waals surface area contributed by atoms with Crippen LogP contribution in [0.1, 0.15) is 19.3 Å². The SMILES string of the molecule is NC(=S)CCCCn1nc2cnccn2c1=O. The molecule has 0 saturated heterocycles. The van der Waals surface area contributed by atoms with Gasteiger partial charge in [0.15, 0.2) is 5.65 Å². The molecule has 0 radical (unpaired) electrons. The van der Waals surface area contributed by atoms with Gasteiger partial charge in [-0.3, -0.25) is 4.98 Å². The summed E-state index contributed by atoms with van der Waals surface area (Å²) in [5.74, 6) is 0. The Morgan fingerprint density at radius 2 is 2.29 bits per heavy atom. The molecule has 0 unspecified atom stereocenters. The quantitative estimate of drug-likeness (QED) is 0.612. The summed E-state index contributed by atoms with van der Waals surface area (Å²) in [6.07, 6.45) is 7.14. The highest BCUT2D eigenvalue weighted by atomic mass is 32.1. The zero-order valence-electron chi connectivity index (χ0n) is 9.24. The van der Waals surface area contributed by atoms with Crippen molar-refractivity contribution in [2.75, 3.05) is 0 Å². The molecule has 6 nitrogen and oxygen atoms in total. The number of unbranched alkanes of at least 4 members (excludes halogenated alkanes) is 1. The topological polar surface area (TPSA) is 78.2 Å². The molecule has 2 heterocycles. The van der Waals surface area contributed by atoms with E-state index in [4.69, 9.17) is 18.0 Å². The Morgan fingerprint density at radius 1 is 1.47 bits per heavy atom. The lowest BCUT2D eigenvalue weighted by molar-refractivity contribution is 0.548. The van der Waals surface area contributed by atoms with Crippen molar-refractivity contribution in [2.45, 2.75) is 25.8 Å². The van der Waals surface area contributed by atoms with Gasteiger partial charge in [0, 0.05) is 18.9 Å². The predicted molar refractivity (Wildman–Crippen MR) is 67.9 cm³/mol. The first-order valence-electron chi connectivity index (χ1n) is 5.36. The second-order valence-corrected chi connectivity index (χ2v) is 4.26. The van der Waals surface area contributed by atoms with Crippen LogP contribution < -0.4 is 11.4 Å². The molecule has 0 aliphatic carbocycles. The number of nitrogens with two attached hydrogens (primary N) is 1. The van der Waals surface area contributed by atoms with Crippen molar-refractivity contribution in [2.24, 2.45) is 5.73 Å². The fourth-order valence-corrected chi connectivity index (χ4v) is 1.73. The second kappa shape index (κ2) is 5.05. The third-order valence-electron chi connectivity index (χ3n) is 2.43. The van der Waals surface area contributed by atoms with Crippen LogP contribution in [-0.4, -0.2) is 24.2 Å². The first kappa shape index (κ1) is 11.7. The zero-order valence-corrected chi connectivity index (χ0v) is 10.1. The number of hydrogen-bond donors (Lipinski definition) is 1. The van der Waals surface area contributed by atoms with Crippen molar-refractivity contribution in [3.8, 4) is 0 Å². The van der Waals surface area contributed by atoms with E-state index < -0.39 is 0 Å². The first-order valence-corrected chi connectivity index (χ1v) is 5.77. The monoisotopic (exact) mass is 251 g/mol. The number of thiocarbonyl (C=S) groups is 1. The smallest absolute Gasteiger partial charge is 0.350 e. The van der Waals surface area contributed by atoms with Crippen LogP contribution in [0.3, 0.4) is 0 Å². The molecule has 7 heteroatoms. The van der Waals surface area contributed by atoms with E-state index in [2.05, 4.69) is 10.1 Å². The van der Waals surface area contributed by atoms with E-state index in [1.807, 2.05) is 0 Å². The molecule has 2 rings (SSSR count).